The molecule has 2 aromatic carbocycles. The van der Waals surface area contributed by atoms with Crippen molar-refractivity contribution in [3.63, 3.8) is 0 Å². The fourth-order valence-corrected chi connectivity index (χ4v) is 4.37. The summed E-state index contributed by atoms with van der Waals surface area (Å²) in [6.45, 7) is 2.53. The molecule has 30 heavy (non-hydrogen) atoms. The lowest BCUT2D eigenvalue weighted by molar-refractivity contribution is -0.131. The molecule has 0 saturated heterocycles. The third kappa shape index (κ3) is 3.67. The normalized spacial score (nSPS) is 17.8. The molecule has 0 radical (unpaired) electrons. The van der Waals surface area contributed by atoms with Gasteiger partial charge in [-0.1, -0.05) is 68.3 Å². The number of aromatic carboxylic acids is 1. The van der Waals surface area contributed by atoms with Crippen molar-refractivity contribution in [2.45, 2.75) is 51.1 Å². The number of carboxylic acid groups (broad SMARTS) is 1. The lowest BCUT2D eigenvalue weighted by atomic mass is 9.97. The standard InChI is InChI=1S/C25H26N2O3/c1-2-3-10-22-26-25(15-6-7-16-25)24(30)27(22)17-18-11-13-19(14-12-18)20-8-4-5-9-21(20)23(28)29/h3-5,8-14H,2,6-7,15-17H2,1H3,(H,28,29). The van der Waals surface area contributed by atoms with E-state index in [1.54, 1.807) is 17.0 Å². The van der Waals surface area contributed by atoms with E-state index in [1.807, 2.05) is 48.6 Å². The van der Waals surface area contributed by atoms with Gasteiger partial charge in [0.15, 0.2) is 0 Å². The van der Waals surface area contributed by atoms with Gasteiger partial charge in [-0.3, -0.25) is 14.7 Å². The first-order chi connectivity index (χ1) is 14.5. The predicted molar refractivity (Wildman–Crippen MR) is 117 cm³/mol. The number of hydrogen-bond acceptors (Lipinski definition) is 3. The Labute approximate surface area is 176 Å². The molecule has 1 amide bonds. The second kappa shape index (κ2) is 8.27. The lowest BCUT2D eigenvalue weighted by Gasteiger charge is -2.22. The molecule has 154 valence electrons. The monoisotopic (exact) mass is 402 g/mol. The summed E-state index contributed by atoms with van der Waals surface area (Å²) in [7, 11) is 0. The summed E-state index contributed by atoms with van der Waals surface area (Å²) >= 11 is 0. The van der Waals surface area contributed by atoms with Crippen molar-refractivity contribution in [1.82, 2.24) is 4.90 Å². The number of carbonyl (C=O) groups is 2. The summed E-state index contributed by atoms with van der Waals surface area (Å²) in [5.74, 6) is -0.0807. The zero-order valence-corrected chi connectivity index (χ0v) is 17.2. The quantitative estimate of drug-likeness (QED) is 0.733. The average Bonchev–Trinajstić information content (AvgIpc) is 3.33. The predicted octanol–water partition coefficient (Wildman–Crippen LogP) is 5.07. The highest BCUT2D eigenvalue weighted by Crippen LogP contribution is 2.39. The molecule has 1 aliphatic carbocycles. The molecule has 5 heteroatoms. The smallest absolute Gasteiger partial charge is 0.336 e. The van der Waals surface area contributed by atoms with Gasteiger partial charge in [-0.25, -0.2) is 4.79 Å². The Balaban J connectivity index is 1.58. The number of amides is 1. The molecule has 5 nitrogen and oxygen atoms in total. The van der Waals surface area contributed by atoms with Crippen molar-refractivity contribution in [3.05, 3.63) is 71.8 Å². The fourth-order valence-electron chi connectivity index (χ4n) is 4.37. The fraction of sp³-hybridized carbons (Fsp3) is 0.320. The lowest BCUT2D eigenvalue weighted by Crippen LogP contribution is -2.40. The van der Waals surface area contributed by atoms with Crippen LogP contribution in [0.25, 0.3) is 11.1 Å². The average molecular weight is 402 g/mol. The van der Waals surface area contributed by atoms with Crippen LogP contribution in [0.4, 0.5) is 0 Å². The molecular formula is C25H26N2O3. The molecule has 1 spiro atoms. The summed E-state index contributed by atoms with van der Waals surface area (Å²) < 4.78 is 0. The third-order valence-electron chi connectivity index (χ3n) is 5.94. The van der Waals surface area contributed by atoms with E-state index >= 15 is 0 Å². The minimum atomic E-state index is -0.942. The van der Waals surface area contributed by atoms with Crippen molar-refractivity contribution in [2.24, 2.45) is 4.99 Å². The van der Waals surface area contributed by atoms with Crippen molar-refractivity contribution in [3.8, 4) is 11.1 Å². The van der Waals surface area contributed by atoms with Crippen LogP contribution in [0.15, 0.2) is 65.7 Å². The van der Waals surface area contributed by atoms with E-state index in [-0.39, 0.29) is 11.5 Å². The molecule has 2 aliphatic rings. The summed E-state index contributed by atoms with van der Waals surface area (Å²) in [5, 5.41) is 9.44. The van der Waals surface area contributed by atoms with Gasteiger partial charge < -0.3 is 5.11 Å². The summed E-state index contributed by atoms with van der Waals surface area (Å²) in [6, 6.07) is 14.7. The number of rotatable bonds is 6. The first-order valence-electron chi connectivity index (χ1n) is 10.5. The molecule has 0 unspecified atom stereocenters. The number of nitrogens with zero attached hydrogens (tertiary/aromatic N) is 2. The van der Waals surface area contributed by atoms with Crippen LogP contribution in [-0.2, 0) is 11.3 Å². The zero-order chi connectivity index (χ0) is 21.1. The highest BCUT2D eigenvalue weighted by molar-refractivity contribution is 6.12. The second-order valence-corrected chi connectivity index (χ2v) is 7.96. The highest BCUT2D eigenvalue weighted by Gasteiger charge is 2.49. The van der Waals surface area contributed by atoms with Crippen LogP contribution in [0.5, 0.6) is 0 Å². The van der Waals surface area contributed by atoms with Gasteiger partial charge in [-0.05, 0) is 48.1 Å². The van der Waals surface area contributed by atoms with Crippen LogP contribution in [0.2, 0.25) is 0 Å². The van der Waals surface area contributed by atoms with Gasteiger partial charge in [0.2, 0.25) is 0 Å². The Kier molecular flexibility index (Phi) is 5.53. The largest absolute Gasteiger partial charge is 0.478 e. The van der Waals surface area contributed by atoms with Crippen LogP contribution >= 0.6 is 0 Å². The van der Waals surface area contributed by atoms with Crippen molar-refractivity contribution in [1.29, 1.82) is 0 Å². The Bertz CT molecular complexity index is 1010. The van der Waals surface area contributed by atoms with Crippen molar-refractivity contribution in [2.75, 3.05) is 0 Å². The van der Waals surface area contributed by atoms with E-state index in [4.69, 9.17) is 4.99 Å². The zero-order valence-electron chi connectivity index (χ0n) is 17.2. The van der Waals surface area contributed by atoms with Crippen LogP contribution in [-0.4, -0.2) is 33.3 Å². The molecule has 1 aliphatic heterocycles. The number of aliphatic imine (C=N–C) groups is 1. The van der Waals surface area contributed by atoms with Gasteiger partial charge in [-0.15, -0.1) is 0 Å². The number of benzene rings is 2. The van der Waals surface area contributed by atoms with Gasteiger partial charge in [-0.2, -0.15) is 0 Å². The molecule has 2 aromatic rings. The molecular weight excluding hydrogens is 376 g/mol. The van der Waals surface area contributed by atoms with E-state index in [0.29, 0.717) is 12.1 Å². The Hall–Kier alpha value is -3.21. The van der Waals surface area contributed by atoms with Crippen LogP contribution in [0.3, 0.4) is 0 Å². The number of carboxylic acids is 1. The van der Waals surface area contributed by atoms with E-state index in [2.05, 4.69) is 6.92 Å². The molecule has 1 saturated carbocycles. The molecule has 4 rings (SSSR count). The van der Waals surface area contributed by atoms with Gasteiger partial charge in [0.1, 0.15) is 11.4 Å². The van der Waals surface area contributed by atoms with E-state index in [9.17, 15) is 14.7 Å². The molecule has 1 fully saturated rings. The number of hydrogen-bond donors (Lipinski definition) is 1. The van der Waals surface area contributed by atoms with E-state index < -0.39 is 11.5 Å². The summed E-state index contributed by atoms with van der Waals surface area (Å²) in [5.41, 5.74) is 2.24. The SMILES string of the molecule is CCC=CC1=NC2(CCCC2)C(=O)N1Cc1ccc(-c2ccccc2C(=O)O)cc1. The molecule has 1 heterocycles. The van der Waals surface area contributed by atoms with Gasteiger partial charge in [0.05, 0.1) is 12.1 Å². The van der Waals surface area contributed by atoms with Crippen LogP contribution in [0, 0.1) is 0 Å². The minimum Gasteiger partial charge on any atom is -0.478 e. The number of carbonyl (C=O) groups excluding carboxylic acids is 1. The third-order valence-corrected chi connectivity index (χ3v) is 5.94. The van der Waals surface area contributed by atoms with Gasteiger partial charge in [0, 0.05) is 0 Å². The molecule has 1 N–H and O–H groups in total. The maximum atomic E-state index is 13.2. The summed E-state index contributed by atoms with van der Waals surface area (Å²) in [6.07, 6.45) is 8.65. The Morgan fingerprint density at radius 1 is 1.13 bits per heavy atom. The van der Waals surface area contributed by atoms with Crippen LogP contribution in [0.1, 0.15) is 54.9 Å². The van der Waals surface area contributed by atoms with E-state index in [0.717, 1.165) is 49.1 Å². The van der Waals surface area contributed by atoms with Gasteiger partial charge >= 0.3 is 5.97 Å². The van der Waals surface area contributed by atoms with Gasteiger partial charge in [0.25, 0.3) is 5.91 Å². The highest BCUT2D eigenvalue weighted by atomic mass is 16.4. The minimum absolute atomic E-state index is 0.107. The maximum absolute atomic E-state index is 13.2. The topological polar surface area (TPSA) is 70.0 Å². The maximum Gasteiger partial charge on any atom is 0.336 e. The van der Waals surface area contributed by atoms with Crippen molar-refractivity contribution >= 4 is 17.7 Å². The first-order valence-corrected chi connectivity index (χ1v) is 10.5. The number of allylic oxidation sites excluding steroid dienone is 1. The Morgan fingerprint density at radius 3 is 2.50 bits per heavy atom. The number of amidine groups is 1. The molecule has 0 aromatic heterocycles. The molecule has 0 bridgehead atoms. The van der Waals surface area contributed by atoms with Crippen LogP contribution < -0.4 is 0 Å². The summed E-state index contributed by atoms with van der Waals surface area (Å²) in [4.78, 5) is 31.4. The van der Waals surface area contributed by atoms with E-state index in [1.165, 1.54) is 0 Å². The second-order valence-electron chi connectivity index (χ2n) is 7.96. The van der Waals surface area contributed by atoms with Crippen molar-refractivity contribution < 1.29 is 14.7 Å². The Morgan fingerprint density at radius 2 is 1.83 bits per heavy atom. The first kappa shape index (κ1) is 20.1. The molecule has 0 atom stereocenters.